The van der Waals surface area contributed by atoms with E-state index in [1.165, 1.54) is 0 Å². The molecule has 0 bridgehead atoms. The number of aliphatic hydroxyl groups is 1. The van der Waals surface area contributed by atoms with Crippen molar-refractivity contribution in [3.63, 3.8) is 0 Å². The zero-order valence-corrected chi connectivity index (χ0v) is 11.7. The maximum Gasteiger partial charge on any atom is 0.466 e. The third kappa shape index (κ3) is 169. The topological polar surface area (TPSA) is 174 Å². The molecular weight excluding hydrogens is 273 g/mol. The van der Waals surface area contributed by atoms with Gasteiger partial charge in [-0.2, -0.15) is 0 Å². The minimum Gasteiger partial charge on any atom is -0.394 e. The van der Waals surface area contributed by atoms with Crippen molar-refractivity contribution in [1.82, 2.24) is 0 Å². The molecule has 0 aliphatic carbocycles. The second kappa shape index (κ2) is 14.6. The monoisotopic (exact) mass is 295 g/mol. The van der Waals surface area contributed by atoms with E-state index in [2.05, 4.69) is 11.5 Å². The zero-order chi connectivity index (χ0) is 15.9. The molecule has 0 aliphatic heterocycles. The highest BCUT2D eigenvalue weighted by Crippen LogP contribution is 2.25. The second-order valence-electron chi connectivity index (χ2n) is 3.22. The zero-order valence-electron chi connectivity index (χ0n) is 10.8. The Morgan fingerprint density at radius 1 is 1.00 bits per heavy atom. The van der Waals surface area contributed by atoms with Gasteiger partial charge in [-0.3, -0.25) is 5.41 Å². The third-order valence-corrected chi connectivity index (χ3v) is 0.667. The molecule has 0 aromatic heterocycles. The van der Waals surface area contributed by atoms with Gasteiger partial charge < -0.3 is 31.3 Å². The fourth-order valence-electron chi connectivity index (χ4n) is 0.385. The van der Waals surface area contributed by atoms with Crippen LogP contribution in [0, 0.1) is 5.41 Å². The summed E-state index contributed by atoms with van der Waals surface area (Å²) in [6.45, 7) is 3.44. The lowest BCUT2D eigenvalue weighted by Crippen LogP contribution is -2.20. The standard InChI is InChI=1S/C6H6.C3H8O.CH5N3.H3O4P/c1-2-4-6-5-3-1;1-3(2)4;2-1(3)4;1-5(2,3)4/h1-6H;3-4H,1-2H3;(H5,2,3,4);(H3,1,2,3,4). The van der Waals surface area contributed by atoms with Crippen LogP contribution in [0.2, 0.25) is 0 Å². The average Bonchev–Trinajstić information content (AvgIpc) is 2.15. The predicted octanol–water partition coefficient (Wildman–Crippen LogP) is -0.0163. The first-order valence-electron chi connectivity index (χ1n) is 5.02. The van der Waals surface area contributed by atoms with Gasteiger partial charge in [-0.05, 0) is 13.8 Å². The van der Waals surface area contributed by atoms with E-state index in [1.54, 1.807) is 13.8 Å². The lowest BCUT2D eigenvalue weighted by molar-refractivity contribution is 0.216. The molecule has 19 heavy (non-hydrogen) atoms. The molecule has 0 radical (unpaired) electrons. The van der Waals surface area contributed by atoms with Gasteiger partial charge in [0.05, 0.1) is 0 Å². The maximum absolute atomic E-state index is 8.88. The minimum absolute atomic E-state index is 0.167. The minimum atomic E-state index is -4.64. The number of guanidine groups is 1. The first-order chi connectivity index (χ1) is 8.46. The third-order valence-electron chi connectivity index (χ3n) is 0.667. The summed E-state index contributed by atoms with van der Waals surface area (Å²) in [5.41, 5.74) is 8.94. The van der Waals surface area contributed by atoms with Crippen LogP contribution in [-0.2, 0) is 4.57 Å². The van der Waals surface area contributed by atoms with Gasteiger partial charge in [-0.25, -0.2) is 4.57 Å². The van der Waals surface area contributed by atoms with Crippen molar-refractivity contribution in [2.75, 3.05) is 0 Å². The summed E-state index contributed by atoms with van der Waals surface area (Å²) in [5.74, 6) is -0.333. The van der Waals surface area contributed by atoms with E-state index in [4.69, 9.17) is 29.8 Å². The van der Waals surface area contributed by atoms with Crippen molar-refractivity contribution in [2.45, 2.75) is 20.0 Å². The molecule has 0 saturated heterocycles. The summed E-state index contributed by atoms with van der Waals surface area (Å²) in [6.07, 6.45) is -0.167. The summed E-state index contributed by atoms with van der Waals surface area (Å²) in [4.78, 5) is 21.6. The molecule has 0 saturated carbocycles. The van der Waals surface area contributed by atoms with Crippen LogP contribution in [0.5, 0.6) is 0 Å². The van der Waals surface area contributed by atoms with E-state index < -0.39 is 7.82 Å². The number of hydrogen-bond donors (Lipinski definition) is 7. The Balaban J connectivity index is -0.000000184. The van der Waals surface area contributed by atoms with E-state index in [1.807, 2.05) is 36.4 Å². The van der Waals surface area contributed by atoms with Crippen LogP contribution in [0.3, 0.4) is 0 Å². The molecular formula is C10H22N3O5P. The maximum atomic E-state index is 8.88. The number of rotatable bonds is 0. The van der Waals surface area contributed by atoms with E-state index in [9.17, 15) is 0 Å². The van der Waals surface area contributed by atoms with E-state index in [0.717, 1.165) is 0 Å². The predicted molar refractivity (Wildman–Crippen MR) is 74.2 cm³/mol. The number of aliphatic hydroxyl groups excluding tert-OH is 1. The van der Waals surface area contributed by atoms with Crippen LogP contribution in [0.1, 0.15) is 13.8 Å². The van der Waals surface area contributed by atoms with Crippen molar-refractivity contribution < 1.29 is 24.4 Å². The van der Waals surface area contributed by atoms with Gasteiger partial charge in [-0.1, -0.05) is 36.4 Å². The molecule has 0 aliphatic rings. The molecule has 1 aromatic rings. The molecule has 0 spiro atoms. The van der Waals surface area contributed by atoms with Crippen LogP contribution >= 0.6 is 7.82 Å². The largest absolute Gasteiger partial charge is 0.466 e. The number of hydrogen-bond acceptors (Lipinski definition) is 3. The van der Waals surface area contributed by atoms with E-state index in [0.29, 0.717) is 0 Å². The Morgan fingerprint density at radius 3 is 1.11 bits per heavy atom. The molecule has 112 valence electrons. The SMILES string of the molecule is CC(C)O.N=C(N)N.O=P(O)(O)O.c1ccccc1. The molecule has 0 fully saturated rings. The van der Waals surface area contributed by atoms with Gasteiger partial charge >= 0.3 is 7.82 Å². The number of benzene rings is 1. The van der Waals surface area contributed by atoms with Crippen LogP contribution in [0.4, 0.5) is 0 Å². The second-order valence-corrected chi connectivity index (χ2v) is 4.24. The van der Waals surface area contributed by atoms with Crippen LogP contribution in [0.15, 0.2) is 36.4 Å². The van der Waals surface area contributed by atoms with E-state index >= 15 is 0 Å². The van der Waals surface area contributed by atoms with Gasteiger partial charge in [0.1, 0.15) is 0 Å². The van der Waals surface area contributed by atoms with Crippen molar-refractivity contribution in [3.05, 3.63) is 36.4 Å². The lowest BCUT2D eigenvalue weighted by Gasteiger charge is -1.82. The van der Waals surface area contributed by atoms with Crippen molar-refractivity contribution in [1.29, 1.82) is 5.41 Å². The number of phosphoric acid groups is 1. The van der Waals surface area contributed by atoms with Crippen LogP contribution in [-0.4, -0.2) is 31.9 Å². The molecule has 8 nitrogen and oxygen atoms in total. The van der Waals surface area contributed by atoms with Gasteiger partial charge in [0, 0.05) is 6.10 Å². The first kappa shape index (κ1) is 22.7. The molecule has 9 N–H and O–H groups in total. The fourth-order valence-corrected chi connectivity index (χ4v) is 0.385. The quantitative estimate of drug-likeness (QED) is 0.200. The highest BCUT2D eigenvalue weighted by atomic mass is 31.2. The summed E-state index contributed by atoms with van der Waals surface area (Å²) in [6, 6.07) is 12.0. The van der Waals surface area contributed by atoms with E-state index in [-0.39, 0.29) is 12.1 Å². The molecule has 0 amide bonds. The van der Waals surface area contributed by atoms with Gasteiger partial charge in [-0.15, -0.1) is 0 Å². The summed E-state index contributed by atoms with van der Waals surface area (Å²) in [5, 5.41) is 14.1. The Morgan fingerprint density at radius 2 is 1.05 bits per heavy atom. The summed E-state index contributed by atoms with van der Waals surface area (Å²) < 4.78 is 8.88. The molecule has 0 unspecified atom stereocenters. The van der Waals surface area contributed by atoms with Crippen molar-refractivity contribution >= 4 is 13.8 Å². The average molecular weight is 295 g/mol. The summed E-state index contributed by atoms with van der Waals surface area (Å²) >= 11 is 0. The first-order valence-corrected chi connectivity index (χ1v) is 6.59. The van der Waals surface area contributed by atoms with Crippen molar-refractivity contribution in [3.8, 4) is 0 Å². The molecule has 0 heterocycles. The Bertz CT molecular complexity index is 301. The van der Waals surface area contributed by atoms with Crippen LogP contribution in [0.25, 0.3) is 0 Å². The summed E-state index contributed by atoms with van der Waals surface area (Å²) in [7, 11) is -4.64. The smallest absolute Gasteiger partial charge is 0.394 e. The highest BCUT2D eigenvalue weighted by Gasteiger charge is 2.00. The van der Waals surface area contributed by atoms with Gasteiger partial charge in [0.2, 0.25) is 0 Å². The number of nitrogens with two attached hydrogens (primary N) is 2. The highest BCUT2D eigenvalue weighted by molar-refractivity contribution is 7.45. The lowest BCUT2D eigenvalue weighted by atomic mass is 10.4. The molecule has 0 atom stereocenters. The van der Waals surface area contributed by atoms with Crippen molar-refractivity contribution in [2.24, 2.45) is 11.5 Å². The molecule has 1 aromatic carbocycles. The normalized spacial score (nSPS) is 8.79. The Kier molecular flexibility index (Phi) is 17.5. The van der Waals surface area contributed by atoms with Gasteiger partial charge in [0.15, 0.2) is 5.96 Å². The molecule has 1 rings (SSSR count). The number of nitrogens with one attached hydrogen (secondary N) is 1. The molecule has 9 heteroatoms. The Hall–Kier alpha value is -1.44. The fraction of sp³-hybridized carbons (Fsp3) is 0.300. The Labute approximate surface area is 112 Å². The van der Waals surface area contributed by atoms with Gasteiger partial charge in [0.25, 0.3) is 0 Å². The van der Waals surface area contributed by atoms with Crippen LogP contribution < -0.4 is 11.5 Å².